The Morgan fingerprint density at radius 2 is 1.71 bits per heavy atom. The van der Waals surface area contributed by atoms with Gasteiger partial charge in [-0.3, -0.25) is 4.79 Å². The molecule has 0 aliphatic rings. The second-order valence-corrected chi connectivity index (χ2v) is 8.71. The molecule has 0 aliphatic heterocycles. The zero-order chi connectivity index (χ0) is 15.8. The molecule has 0 saturated carbocycles. The molecule has 0 bridgehead atoms. The van der Waals surface area contributed by atoms with E-state index in [1.165, 1.54) is 11.3 Å². The van der Waals surface area contributed by atoms with Crippen molar-refractivity contribution in [2.75, 3.05) is 5.75 Å². The lowest BCUT2D eigenvalue weighted by Gasteiger charge is -2.06. The maximum absolute atomic E-state index is 12.4. The summed E-state index contributed by atoms with van der Waals surface area (Å²) in [5.41, 5.74) is 2.46. The summed E-state index contributed by atoms with van der Waals surface area (Å²) in [5.74, 6) is -0.818. The van der Waals surface area contributed by atoms with Gasteiger partial charge in [0, 0.05) is 15.3 Å². The van der Waals surface area contributed by atoms with Crippen molar-refractivity contribution in [3.05, 3.63) is 50.7 Å². The molecule has 0 amide bonds. The van der Waals surface area contributed by atoms with Crippen molar-refractivity contribution >= 4 is 27.0 Å². The summed E-state index contributed by atoms with van der Waals surface area (Å²) in [6.45, 7) is 7.54. The molecule has 2 aromatic rings. The van der Waals surface area contributed by atoms with Gasteiger partial charge in [-0.15, -0.1) is 11.3 Å². The SMILES string of the molecule is Cc1cc(C(=O)CS(=O)(=O)c2ccc(C)c(C)c2)c(C)s1. The molecule has 0 radical (unpaired) electrons. The van der Waals surface area contributed by atoms with Crippen LogP contribution in [0, 0.1) is 27.7 Å². The molecule has 3 nitrogen and oxygen atoms in total. The van der Waals surface area contributed by atoms with Gasteiger partial charge < -0.3 is 0 Å². The van der Waals surface area contributed by atoms with Gasteiger partial charge in [0.05, 0.1) is 4.90 Å². The fourth-order valence-electron chi connectivity index (χ4n) is 2.15. The molecule has 0 spiro atoms. The Morgan fingerprint density at radius 1 is 1.05 bits per heavy atom. The maximum atomic E-state index is 12.4. The van der Waals surface area contributed by atoms with E-state index in [1.54, 1.807) is 24.3 Å². The number of ketones is 1. The Kier molecular flexibility index (Phi) is 4.35. The lowest BCUT2D eigenvalue weighted by atomic mass is 10.1. The summed E-state index contributed by atoms with van der Waals surface area (Å²) < 4.78 is 24.8. The molecule has 0 N–H and O–H groups in total. The third-order valence-electron chi connectivity index (χ3n) is 3.50. The van der Waals surface area contributed by atoms with Gasteiger partial charge in [0.15, 0.2) is 15.6 Å². The molecule has 1 aromatic carbocycles. The Hall–Kier alpha value is -1.46. The lowest BCUT2D eigenvalue weighted by molar-refractivity contribution is 0.102. The minimum absolute atomic E-state index is 0.212. The summed E-state index contributed by atoms with van der Waals surface area (Å²) in [5, 5.41) is 0. The second kappa shape index (κ2) is 5.73. The van der Waals surface area contributed by atoms with Crippen LogP contribution in [0.5, 0.6) is 0 Å². The summed E-state index contributed by atoms with van der Waals surface area (Å²) in [6.07, 6.45) is 0. The standard InChI is InChI=1S/C16H18O3S2/c1-10-5-6-14(7-11(10)2)21(18,19)9-16(17)15-8-12(3)20-13(15)4/h5-8H,9H2,1-4H3. The molecule has 0 fully saturated rings. The molecule has 0 unspecified atom stereocenters. The Bertz CT molecular complexity index is 799. The molecule has 1 aromatic heterocycles. The third kappa shape index (κ3) is 3.41. The quantitative estimate of drug-likeness (QED) is 0.808. The first-order valence-corrected chi connectivity index (χ1v) is 9.08. The van der Waals surface area contributed by atoms with Gasteiger partial charge in [0.25, 0.3) is 0 Å². The van der Waals surface area contributed by atoms with E-state index in [2.05, 4.69) is 0 Å². The van der Waals surface area contributed by atoms with Gasteiger partial charge in [-0.1, -0.05) is 6.07 Å². The normalized spacial score (nSPS) is 11.6. The van der Waals surface area contributed by atoms with Crippen LogP contribution in [0.3, 0.4) is 0 Å². The van der Waals surface area contributed by atoms with E-state index in [0.29, 0.717) is 5.56 Å². The first-order valence-electron chi connectivity index (χ1n) is 6.61. The van der Waals surface area contributed by atoms with Crippen LogP contribution in [-0.4, -0.2) is 20.0 Å². The number of aryl methyl sites for hydroxylation is 4. The number of carbonyl (C=O) groups is 1. The Labute approximate surface area is 129 Å². The number of thiophene rings is 1. The Balaban J connectivity index is 2.31. The first-order chi connectivity index (χ1) is 9.70. The average molecular weight is 322 g/mol. The van der Waals surface area contributed by atoms with Crippen LogP contribution < -0.4 is 0 Å². The van der Waals surface area contributed by atoms with Crippen LogP contribution in [0.2, 0.25) is 0 Å². The zero-order valence-corrected chi connectivity index (χ0v) is 14.2. The lowest BCUT2D eigenvalue weighted by Crippen LogP contribution is -2.16. The summed E-state index contributed by atoms with van der Waals surface area (Å²) in [7, 11) is -3.60. The molecule has 1 heterocycles. The molecule has 5 heteroatoms. The number of hydrogen-bond donors (Lipinski definition) is 0. The smallest absolute Gasteiger partial charge is 0.185 e. The zero-order valence-electron chi connectivity index (χ0n) is 12.6. The summed E-state index contributed by atoms with van der Waals surface area (Å²) in [4.78, 5) is 14.3. The largest absolute Gasteiger partial charge is 0.293 e. The molecular weight excluding hydrogens is 304 g/mol. The van der Waals surface area contributed by atoms with Crippen molar-refractivity contribution in [2.24, 2.45) is 0 Å². The van der Waals surface area contributed by atoms with Crippen LogP contribution in [0.4, 0.5) is 0 Å². The Morgan fingerprint density at radius 3 is 2.24 bits per heavy atom. The minimum Gasteiger partial charge on any atom is -0.293 e. The van der Waals surface area contributed by atoms with E-state index < -0.39 is 15.6 Å². The molecule has 21 heavy (non-hydrogen) atoms. The number of rotatable bonds is 4. The summed E-state index contributed by atoms with van der Waals surface area (Å²) in [6, 6.07) is 6.73. The molecule has 2 rings (SSSR count). The number of hydrogen-bond acceptors (Lipinski definition) is 4. The monoisotopic (exact) mass is 322 g/mol. The van der Waals surface area contributed by atoms with E-state index in [0.717, 1.165) is 20.9 Å². The highest BCUT2D eigenvalue weighted by Gasteiger charge is 2.22. The minimum atomic E-state index is -3.60. The summed E-state index contributed by atoms with van der Waals surface area (Å²) >= 11 is 1.51. The molecule has 0 saturated heterocycles. The van der Waals surface area contributed by atoms with Crippen LogP contribution in [-0.2, 0) is 9.84 Å². The van der Waals surface area contributed by atoms with E-state index in [-0.39, 0.29) is 10.7 Å². The number of carbonyl (C=O) groups excluding carboxylic acids is 1. The van der Waals surface area contributed by atoms with Crippen LogP contribution in [0.15, 0.2) is 29.2 Å². The van der Waals surface area contributed by atoms with Gasteiger partial charge in [-0.25, -0.2) is 8.42 Å². The first kappa shape index (κ1) is 15.9. The van der Waals surface area contributed by atoms with Crippen molar-refractivity contribution in [3.8, 4) is 0 Å². The van der Waals surface area contributed by atoms with Crippen molar-refractivity contribution < 1.29 is 13.2 Å². The molecule has 112 valence electrons. The van der Waals surface area contributed by atoms with Gasteiger partial charge in [0.1, 0.15) is 5.75 Å². The maximum Gasteiger partial charge on any atom is 0.185 e. The van der Waals surface area contributed by atoms with Gasteiger partial charge in [-0.05, 0) is 57.0 Å². The van der Waals surface area contributed by atoms with E-state index >= 15 is 0 Å². The molecule has 0 atom stereocenters. The van der Waals surface area contributed by atoms with E-state index in [9.17, 15) is 13.2 Å². The number of benzene rings is 1. The highest BCUT2D eigenvalue weighted by atomic mass is 32.2. The number of sulfone groups is 1. The molecular formula is C16H18O3S2. The third-order valence-corrected chi connectivity index (χ3v) is 6.08. The second-order valence-electron chi connectivity index (χ2n) is 5.26. The fourth-order valence-corrected chi connectivity index (χ4v) is 4.39. The number of Topliss-reactive ketones (excluding diaryl/α,β-unsaturated/α-hetero) is 1. The predicted molar refractivity (Wildman–Crippen MR) is 86.1 cm³/mol. The van der Waals surface area contributed by atoms with E-state index in [1.807, 2.05) is 27.7 Å². The van der Waals surface area contributed by atoms with E-state index in [4.69, 9.17) is 0 Å². The van der Waals surface area contributed by atoms with Crippen LogP contribution >= 0.6 is 11.3 Å². The van der Waals surface area contributed by atoms with Crippen molar-refractivity contribution in [1.82, 2.24) is 0 Å². The average Bonchev–Trinajstić information content (AvgIpc) is 2.71. The highest BCUT2D eigenvalue weighted by Crippen LogP contribution is 2.23. The van der Waals surface area contributed by atoms with Gasteiger partial charge >= 0.3 is 0 Å². The molecule has 0 aliphatic carbocycles. The van der Waals surface area contributed by atoms with Crippen LogP contribution in [0.25, 0.3) is 0 Å². The predicted octanol–water partition coefficient (Wildman–Crippen LogP) is 3.64. The van der Waals surface area contributed by atoms with Crippen molar-refractivity contribution in [2.45, 2.75) is 32.6 Å². The topological polar surface area (TPSA) is 51.2 Å². The fraction of sp³-hybridized carbons (Fsp3) is 0.312. The highest BCUT2D eigenvalue weighted by molar-refractivity contribution is 7.92. The van der Waals surface area contributed by atoms with Gasteiger partial charge in [0.2, 0.25) is 0 Å². The van der Waals surface area contributed by atoms with Crippen molar-refractivity contribution in [1.29, 1.82) is 0 Å². The van der Waals surface area contributed by atoms with Crippen LogP contribution in [0.1, 0.15) is 31.2 Å². The van der Waals surface area contributed by atoms with Gasteiger partial charge in [-0.2, -0.15) is 0 Å². The van der Waals surface area contributed by atoms with Crippen molar-refractivity contribution in [3.63, 3.8) is 0 Å².